The summed E-state index contributed by atoms with van der Waals surface area (Å²) in [5.41, 5.74) is 0.500. The molecule has 1 rings (SSSR count). The average Bonchev–Trinajstić information content (AvgIpc) is 2.51. The number of carbonyl (C=O) groups is 3. The lowest BCUT2D eigenvalue weighted by Crippen LogP contribution is -2.42. The van der Waals surface area contributed by atoms with Crippen LogP contribution in [0.5, 0.6) is 5.75 Å². The lowest BCUT2D eigenvalue weighted by molar-refractivity contribution is -0.137. The zero-order valence-corrected chi connectivity index (χ0v) is 13.7. The maximum atomic E-state index is 12.2. The molecule has 3 amide bonds. The van der Waals surface area contributed by atoms with E-state index in [1.165, 1.54) is 11.8 Å². The van der Waals surface area contributed by atoms with Gasteiger partial charge in [-0.05, 0) is 26.0 Å². The Morgan fingerprint density at radius 3 is 2.48 bits per heavy atom. The Hall–Kier alpha value is -2.57. The number of hydrogen-bond acceptors (Lipinski definition) is 4. The van der Waals surface area contributed by atoms with Crippen molar-refractivity contribution in [2.45, 2.75) is 20.8 Å². The number of para-hydroxylation sites is 2. The highest BCUT2D eigenvalue weighted by Gasteiger charge is 2.16. The van der Waals surface area contributed by atoms with Crippen LogP contribution >= 0.6 is 0 Å². The molecule has 2 N–H and O–H groups in total. The van der Waals surface area contributed by atoms with E-state index >= 15 is 0 Å². The molecular weight excluding hydrogens is 298 g/mol. The molecule has 0 aromatic heterocycles. The minimum atomic E-state index is -0.295. The van der Waals surface area contributed by atoms with E-state index in [-0.39, 0.29) is 30.9 Å². The first kappa shape index (κ1) is 18.5. The molecule has 7 nitrogen and oxygen atoms in total. The topological polar surface area (TPSA) is 87.7 Å². The van der Waals surface area contributed by atoms with Crippen molar-refractivity contribution in [3.8, 4) is 5.75 Å². The molecule has 0 spiro atoms. The molecule has 7 heteroatoms. The summed E-state index contributed by atoms with van der Waals surface area (Å²) < 4.78 is 5.49. The number of ether oxygens (including phenoxy) is 1. The van der Waals surface area contributed by atoms with Gasteiger partial charge in [0.05, 0.1) is 12.2 Å². The van der Waals surface area contributed by atoms with Gasteiger partial charge in [-0.2, -0.15) is 0 Å². The summed E-state index contributed by atoms with van der Waals surface area (Å²) in [5.74, 6) is -0.318. The molecule has 23 heavy (non-hydrogen) atoms. The summed E-state index contributed by atoms with van der Waals surface area (Å²) >= 11 is 0. The minimum absolute atomic E-state index is 0.000123. The number of hydrogen-bond donors (Lipinski definition) is 2. The fourth-order valence-corrected chi connectivity index (χ4v) is 1.92. The summed E-state index contributed by atoms with van der Waals surface area (Å²) in [4.78, 5) is 36.3. The van der Waals surface area contributed by atoms with Crippen molar-refractivity contribution in [1.82, 2.24) is 10.2 Å². The molecule has 1 aromatic carbocycles. The Bertz CT molecular complexity index is 560. The maximum Gasteiger partial charge on any atom is 0.260 e. The number of nitrogens with zero attached hydrogens (tertiary/aromatic N) is 1. The summed E-state index contributed by atoms with van der Waals surface area (Å²) in [7, 11) is 0. The molecule has 0 atom stereocenters. The SMILES string of the molecule is CCNC(=O)CN(CC)C(=O)COc1ccccc1NC(C)=O. The van der Waals surface area contributed by atoms with Crippen LogP contribution in [0.3, 0.4) is 0 Å². The molecule has 1 aromatic rings. The number of amides is 3. The van der Waals surface area contributed by atoms with Gasteiger partial charge in [0.2, 0.25) is 11.8 Å². The van der Waals surface area contributed by atoms with Crippen LogP contribution in [0.15, 0.2) is 24.3 Å². The van der Waals surface area contributed by atoms with Crippen LogP contribution in [0.4, 0.5) is 5.69 Å². The van der Waals surface area contributed by atoms with Gasteiger partial charge in [-0.3, -0.25) is 14.4 Å². The Morgan fingerprint density at radius 1 is 1.17 bits per heavy atom. The van der Waals surface area contributed by atoms with Crippen LogP contribution in [-0.2, 0) is 14.4 Å². The molecule has 0 saturated heterocycles. The zero-order valence-electron chi connectivity index (χ0n) is 13.7. The van der Waals surface area contributed by atoms with E-state index in [1.54, 1.807) is 31.2 Å². The maximum absolute atomic E-state index is 12.2. The van der Waals surface area contributed by atoms with Gasteiger partial charge in [-0.1, -0.05) is 12.1 Å². The first-order valence-corrected chi connectivity index (χ1v) is 7.51. The Labute approximate surface area is 136 Å². The molecule has 0 fully saturated rings. The van der Waals surface area contributed by atoms with Crippen LogP contribution in [0.25, 0.3) is 0 Å². The van der Waals surface area contributed by atoms with E-state index in [0.717, 1.165) is 0 Å². The molecule has 0 aliphatic heterocycles. The summed E-state index contributed by atoms with van der Waals surface area (Å²) in [6, 6.07) is 6.86. The predicted octanol–water partition coefficient (Wildman–Crippen LogP) is 1.01. The van der Waals surface area contributed by atoms with Gasteiger partial charge in [0, 0.05) is 20.0 Å². The number of carbonyl (C=O) groups excluding carboxylic acids is 3. The van der Waals surface area contributed by atoms with E-state index in [4.69, 9.17) is 4.74 Å². The van der Waals surface area contributed by atoms with Gasteiger partial charge >= 0.3 is 0 Å². The molecule has 0 saturated carbocycles. The van der Waals surface area contributed by atoms with Gasteiger partial charge in [0.1, 0.15) is 5.75 Å². The molecular formula is C16H23N3O4. The van der Waals surface area contributed by atoms with Crippen LogP contribution < -0.4 is 15.4 Å². The van der Waals surface area contributed by atoms with Gasteiger partial charge < -0.3 is 20.3 Å². The number of anilines is 1. The third-order valence-electron chi connectivity index (χ3n) is 2.99. The normalized spacial score (nSPS) is 9.87. The molecule has 0 aliphatic rings. The quantitative estimate of drug-likeness (QED) is 0.748. The Kier molecular flexibility index (Phi) is 7.59. The van der Waals surface area contributed by atoms with Crippen LogP contribution in [0, 0.1) is 0 Å². The van der Waals surface area contributed by atoms with Gasteiger partial charge in [-0.25, -0.2) is 0 Å². The van der Waals surface area contributed by atoms with Crippen molar-refractivity contribution in [2.24, 2.45) is 0 Å². The molecule has 0 aliphatic carbocycles. The van der Waals surface area contributed by atoms with Crippen molar-refractivity contribution in [2.75, 3.05) is 31.6 Å². The molecule has 0 radical (unpaired) electrons. The van der Waals surface area contributed by atoms with E-state index in [2.05, 4.69) is 10.6 Å². The lowest BCUT2D eigenvalue weighted by atomic mass is 10.3. The molecule has 0 heterocycles. The van der Waals surface area contributed by atoms with Crippen molar-refractivity contribution >= 4 is 23.4 Å². The number of rotatable bonds is 8. The summed E-state index contributed by atoms with van der Waals surface area (Å²) in [6.45, 7) is 5.73. The smallest absolute Gasteiger partial charge is 0.260 e. The highest BCUT2D eigenvalue weighted by atomic mass is 16.5. The van der Waals surface area contributed by atoms with Crippen LogP contribution in [0.2, 0.25) is 0 Å². The third kappa shape index (κ3) is 6.37. The lowest BCUT2D eigenvalue weighted by Gasteiger charge is -2.20. The minimum Gasteiger partial charge on any atom is -0.482 e. The van der Waals surface area contributed by atoms with Crippen LogP contribution in [-0.4, -0.2) is 48.9 Å². The second kappa shape index (κ2) is 9.45. The van der Waals surface area contributed by atoms with Crippen molar-refractivity contribution in [3.05, 3.63) is 24.3 Å². The van der Waals surface area contributed by atoms with Crippen molar-refractivity contribution in [1.29, 1.82) is 0 Å². The Balaban J connectivity index is 2.64. The first-order chi connectivity index (χ1) is 11.0. The highest BCUT2D eigenvalue weighted by Crippen LogP contribution is 2.23. The van der Waals surface area contributed by atoms with E-state index < -0.39 is 0 Å². The first-order valence-electron chi connectivity index (χ1n) is 7.51. The highest BCUT2D eigenvalue weighted by molar-refractivity contribution is 5.90. The molecule has 0 bridgehead atoms. The van der Waals surface area contributed by atoms with E-state index in [1.807, 2.05) is 6.92 Å². The molecule has 0 unspecified atom stereocenters. The van der Waals surface area contributed by atoms with Crippen molar-refractivity contribution < 1.29 is 19.1 Å². The van der Waals surface area contributed by atoms with Gasteiger partial charge in [0.15, 0.2) is 6.61 Å². The molecule has 126 valence electrons. The number of benzene rings is 1. The average molecular weight is 321 g/mol. The number of likely N-dealkylation sites (N-methyl/N-ethyl adjacent to an activating group) is 2. The summed E-state index contributed by atoms with van der Waals surface area (Å²) in [5, 5.41) is 5.28. The number of nitrogens with one attached hydrogen (secondary N) is 2. The standard InChI is InChI=1S/C16H23N3O4/c1-4-17-15(21)10-19(5-2)16(22)11-23-14-9-7-6-8-13(14)18-12(3)20/h6-9H,4-5,10-11H2,1-3H3,(H,17,21)(H,18,20). The fraction of sp³-hybridized carbons (Fsp3) is 0.438. The van der Waals surface area contributed by atoms with Gasteiger partial charge in [0.25, 0.3) is 5.91 Å². The third-order valence-corrected chi connectivity index (χ3v) is 2.99. The largest absolute Gasteiger partial charge is 0.482 e. The van der Waals surface area contributed by atoms with Crippen LogP contribution in [0.1, 0.15) is 20.8 Å². The predicted molar refractivity (Wildman–Crippen MR) is 87.2 cm³/mol. The summed E-state index contributed by atoms with van der Waals surface area (Å²) in [6.07, 6.45) is 0. The van der Waals surface area contributed by atoms with E-state index in [9.17, 15) is 14.4 Å². The second-order valence-corrected chi connectivity index (χ2v) is 4.83. The zero-order chi connectivity index (χ0) is 17.2. The van der Waals surface area contributed by atoms with E-state index in [0.29, 0.717) is 24.5 Å². The fourth-order valence-electron chi connectivity index (χ4n) is 1.92. The second-order valence-electron chi connectivity index (χ2n) is 4.83. The Morgan fingerprint density at radius 2 is 1.87 bits per heavy atom. The monoisotopic (exact) mass is 321 g/mol. The van der Waals surface area contributed by atoms with Crippen molar-refractivity contribution in [3.63, 3.8) is 0 Å². The van der Waals surface area contributed by atoms with Gasteiger partial charge in [-0.15, -0.1) is 0 Å².